The number of imidazole rings is 1. The van der Waals surface area contributed by atoms with Gasteiger partial charge in [-0.1, -0.05) is 6.92 Å². The van der Waals surface area contributed by atoms with Crippen molar-refractivity contribution in [3.8, 4) is 5.88 Å². The fourth-order valence-corrected chi connectivity index (χ4v) is 1.03. The molecule has 11 heavy (non-hydrogen) atoms. The molecule has 1 aromatic rings. The summed E-state index contributed by atoms with van der Waals surface area (Å²) in [5.74, 6) is 1.79. The molecule has 1 heterocycles. The molecule has 1 aromatic heterocycles. The Morgan fingerprint density at radius 2 is 2.36 bits per heavy atom. The molecule has 0 amide bonds. The van der Waals surface area contributed by atoms with E-state index in [9.17, 15) is 0 Å². The highest BCUT2D eigenvalue weighted by atomic mass is 16.5. The first-order valence-electron chi connectivity index (χ1n) is 3.84. The van der Waals surface area contributed by atoms with Gasteiger partial charge in [0.25, 0.3) is 0 Å². The van der Waals surface area contributed by atoms with Gasteiger partial charge in [-0.15, -0.1) is 0 Å². The Kier molecular flexibility index (Phi) is 2.52. The Morgan fingerprint density at radius 1 is 1.64 bits per heavy atom. The molecule has 62 valence electrons. The fraction of sp³-hybridized carbons (Fsp3) is 0.625. The Morgan fingerprint density at radius 3 is 2.82 bits per heavy atom. The lowest BCUT2D eigenvalue weighted by molar-refractivity contribution is 0.399. The van der Waals surface area contributed by atoms with Gasteiger partial charge < -0.3 is 9.30 Å². The molecule has 0 aliphatic rings. The van der Waals surface area contributed by atoms with Crippen LogP contribution < -0.4 is 4.74 Å². The second-order valence-corrected chi connectivity index (χ2v) is 2.56. The zero-order valence-electron chi connectivity index (χ0n) is 7.29. The molecule has 0 atom stereocenters. The van der Waals surface area contributed by atoms with Crippen LogP contribution in [0, 0.1) is 0 Å². The van der Waals surface area contributed by atoms with Crippen molar-refractivity contribution in [1.82, 2.24) is 9.55 Å². The number of rotatable bonds is 3. The summed E-state index contributed by atoms with van der Waals surface area (Å²) < 4.78 is 6.99. The van der Waals surface area contributed by atoms with Gasteiger partial charge in [-0.3, -0.25) is 0 Å². The Hall–Kier alpha value is -0.990. The minimum Gasteiger partial charge on any atom is -0.480 e. The quantitative estimate of drug-likeness (QED) is 0.657. The number of hydrogen-bond acceptors (Lipinski definition) is 2. The van der Waals surface area contributed by atoms with Gasteiger partial charge in [-0.25, -0.2) is 0 Å². The number of aromatic nitrogens is 2. The van der Waals surface area contributed by atoms with Gasteiger partial charge >= 0.3 is 0 Å². The van der Waals surface area contributed by atoms with Crippen molar-refractivity contribution in [2.24, 2.45) is 7.05 Å². The van der Waals surface area contributed by atoms with Crippen molar-refractivity contribution in [3.63, 3.8) is 0 Å². The van der Waals surface area contributed by atoms with Crippen LogP contribution in [0.5, 0.6) is 5.88 Å². The second-order valence-electron chi connectivity index (χ2n) is 2.56. The molecular formula is C8H14N2O. The molecule has 0 radical (unpaired) electrons. The maximum absolute atomic E-state index is 4.99. The lowest BCUT2D eigenvalue weighted by Gasteiger charge is -1.95. The van der Waals surface area contributed by atoms with Gasteiger partial charge in [-0.2, -0.15) is 4.98 Å². The van der Waals surface area contributed by atoms with Crippen molar-refractivity contribution in [2.75, 3.05) is 7.11 Å². The molecule has 0 aromatic carbocycles. The summed E-state index contributed by atoms with van der Waals surface area (Å²) in [6.45, 7) is 2.14. The van der Waals surface area contributed by atoms with E-state index in [1.807, 2.05) is 17.8 Å². The summed E-state index contributed by atoms with van der Waals surface area (Å²) in [5, 5.41) is 0. The number of ether oxygens (including phenoxy) is 1. The van der Waals surface area contributed by atoms with Crippen LogP contribution in [0.1, 0.15) is 19.2 Å². The highest BCUT2D eigenvalue weighted by Gasteiger charge is 2.02. The van der Waals surface area contributed by atoms with E-state index in [0.29, 0.717) is 5.88 Å². The highest BCUT2D eigenvalue weighted by Crippen LogP contribution is 2.09. The first kappa shape index (κ1) is 8.11. The summed E-state index contributed by atoms with van der Waals surface area (Å²) in [6.07, 6.45) is 4.03. The Bertz CT molecular complexity index is 230. The summed E-state index contributed by atoms with van der Waals surface area (Å²) in [7, 11) is 3.62. The van der Waals surface area contributed by atoms with Crippen LogP contribution in [0.15, 0.2) is 6.20 Å². The molecule has 0 N–H and O–H groups in total. The number of hydrogen-bond donors (Lipinski definition) is 0. The second kappa shape index (κ2) is 3.42. The maximum Gasteiger partial charge on any atom is 0.231 e. The minimum atomic E-state index is 0.705. The van der Waals surface area contributed by atoms with E-state index in [4.69, 9.17) is 4.74 Å². The van der Waals surface area contributed by atoms with E-state index in [2.05, 4.69) is 11.9 Å². The van der Waals surface area contributed by atoms with Gasteiger partial charge in [0.15, 0.2) is 0 Å². The van der Waals surface area contributed by atoms with Crippen molar-refractivity contribution >= 4 is 0 Å². The van der Waals surface area contributed by atoms with Crippen molar-refractivity contribution in [1.29, 1.82) is 0 Å². The standard InChI is InChI=1S/C8H14N2O/c1-4-5-7-9-8(11-3)6-10(7)2/h6H,4-5H2,1-3H3. The smallest absolute Gasteiger partial charge is 0.231 e. The zero-order chi connectivity index (χ0) is 8.27. The van der Waals surface area contributed by atoms with Crippen LogP contribution in [0.3, 0.4) is 0 Å². The van der Waals surface area contributed by atoms with Crippen LogP contribution >= 0.6 is 0 Å². The lowest BCUT2D eigenvalue weighted by Crippen LogP contribution is -1.95. The van der Waals surface area contributed by atoms with Crippen LogP contribution in [-0.2, 0) is 13.5 Å². The molecule has 0 saturated carbocycles. The summed E-state index contributed by atoms with van der Waals surface area (Å²) >= 11 is 0. The van der Waals surface area contributed by atoms with Crippen molar-refractivity contribution < 1.29 is 4.74 Å². The molecule has 3 heteroatoms. The predicted molar refractivity (Wildman–Crippen MR) is 43.8 cm³/mol. The highest BCUT2D eigenvalue weighted by molar-refractivity contribution is 5.09. The first-order chi connectivity index (χ1) is 5.27. The van der Waals surface area contributed by atoms with Crippen LogP contribution in [0.4, 0.5) is 0 Å². The van der Waals surface area contributed by atoms with E-state index in [1.165, 1.54) is 0 Å². The average Bonchev–Trinajstić information content (AvgIpc) is 2.33. The van der Waals surface area contributed by atoms with Gasteiger partial charge in [0.1, 0.15) is 5.82 Å². The molecule has 3 nitrogen and oxygen atoms in total. The number of methoxy groups -OCH3 is 1. The molecule has 0 bridgehead atoms. The molecule has 0 unspecified atom stereocenters. The SMILES string of the molecule is CCCc1nc(OC)cn1C. The minimum absolute atomic E-state index is 0.705. The summed E-state index contributed by atoms with van der Waals surface area (Å²) in [4.78, 5) is 4.26. The third-order valence-electron chi connectivity index (χ3n) is 1.63. The number of aryl methyl sites for hydroxylation is 2. The molecule has 0 aliphatic carbocycles. The molecule has 0 saturated heterocycles. The Labute approximate surface area is 67.0 Å². The van der Waals surface area contributed by atoms with Gasteiger partial charge in [0, 0.05) is 13.5 Å². The van der Waals surface area contributed by atoms with Crippen molar-refractivity contribution in [3.05, 3.63) is 12.0 Å². The molecular weight excluding hydrogens is 140 g/mol. The molecule has 0 spiro atoms. The molecule has 0 fully saturated rings. The normalized spacial score (nSPS) is 10.1. The van der Waals surface area contributed by atoms with Crippen LogP contribution in [0.2, 0.25) is 0 Å². The average molecular weight is 154 g/mol. The number of nitrogens with zero attached hydrogens (tertiary/aromatic N) is 2. The van der Waals surface area contributed by atoms with E-state index >= 15 is 0 Å². The van der Waals surface area contributed by atoms with Gasteiger partial charge in [-0.05, 0) is 6.42 Å². The topological polar surface area (TPSA) is 27.1 Å². The van der Waals surface area contributed by atoms with Gasteiger partial charge in [0.2, 0.25) is 5.88 Å². The molecule has 1 rings (SSSR count). The van der Waals surface area contributed by atoms with Gasteiger partial charge in [0.05, 0.1) is 13.3 Å². The first-order valence-corrected chi connectivity index (χ1v) is 3.84. The largest absolute Gasteiger partial charge is 0.480 e. The fourth-order valence-electron chi connectivity index (χ4n) is 1.03. The maximum atomic E-state index is 4.99. The lowest BCUT2D eigenvalue weighted by atomic mass is 10.3. The zero-order valence-corrected chi connectivity index (χ0v) is 7.29. The van der Waals surface area contributed by atoms with Crippen LogP contribution in [0.25, 0.3) is 0 Å². The van der Waals surface area contributed by atoms with E-state index in [1.54, 1.807) is 7.11 Å². The third kappa shape index (κ3) is 1.73. The third-order valence-corrected chi connectivity index (χ3v) is 1.63. The van der Waals surface area contributed by atoms with Crippen molar-refractivity contribution in [2.45, 2.75) is 19.8 Å². The molecule has 0 aliphatic heterocycles. The van der Waals surface area contributed by atoms with E-state index < -0.39 is 0 Å². The Balaban J connectivity index is 2.79. The van der Waals surface area contributed by atoms with E-state index in [0.717, 1.165) is 18.7 Å². The van der Waals surface area contributed by atoms with Crippen LogP contribution in [-0.4, -0.2) is 16.7 Å². The predicted octanol–water partition coefficient (Wildman–Crippen LogP) is 1.38. The monoisotopic (exact) mass is 154 g/mol. The van der Waals surface area contributed by atoms with E-state index in [-0.39, 0.29) is 0 Å². The summed E-state index contributed by atoms with van der Waals surface area (Å²) in [5.41, 5.74) is 0. The summed E-state index contributed by atoms with van der Waals surface area (Å²) in [6, 6.07) is 0.